The van der Waals surface area contributed by atoms with Crippen molar-refractivity contribution in [2.24, 2.45) is 0 Å². The van der Waals surface area contributed by atoms with E-state index in [9.17, 15) is 0 Å². The molecule has 0 saturated carbocycles. The van der Waals surface area contributed by atoms with Gasteiger partial charge in [0.15, 0.2) is 0 Å². The molecule has 0 fully saturated rings. The number of pyridine rings is 2. The van der Waals surface area contributed by atoms with Crippen LogP contribution in [0.2, 0.25) is 0 Å². The second-order valence-electron chi connectivity index (χ2n) is 12.5. The lowest BCUT2D eigenvalue weighted by molar-refractivity contribution is 0.464. The second kappa shape index (κ2) is 10.9. The van der Waals surface area contributed by atoms with Crippen LogP contribution in [0.4, 0.5) is 0 Å². The Bertz CT molecular complexity index is 2170. The van der Waals surface area contributed by atoms with Crippen LogP contribution in [0.25, 0.3) is 44.5 Å². The van der Waals surface area contributed by atoms with Crippen LogP contribution in [0.1, 0.15) is 11.1 Å². The van der Waals surface area contributed by atoms with Crippen molar-refractivity contribution < 1.29 is 9.47 Å². The molecular weight excluding hydrogens is 575 g/mol. The van der Waals surface area contributed by atoms with Gasteiger partial charge in [-0.3, -0.25) is 9.97 Å². The molecule has 2 aromatic heterocycles. The summed E-state index contributed by atoms with van der Waals surface area (Å²) in [4.78, 5) is 8.72. The summed E-state index contributed by atoms with van der Waals surface area (Å²) in [5.74, 6) is 3.44. The number of fused-ring (bicyclic) bond motifs is 4. The fraction of sp³-hybridized carbons (Fsp3) is 0.0476. The van der Waals surface area contributed by atoms with Crippen molar-refractivity contribution in [2.75, 3.05) is 0 Å². The predicted octanol–water partition coefficient (Wildman–Crippen LogP) is 8.49. The van der Waals surface area contributed by atoms with Gasteiger partial charge < -0.3 is 9.47 Å². The molecular formula is C42H29BN2O2. The zero-order chi connectivity index (χ0) is 31.5. The molecule has 2 aliphatic rings. The molecule has 0 N–H and O–H groups in total. The molecule has 2 aliphatic heterocycles. The molecule has 9 rings (SSSR count). The summed E-state index contributed by atoms with van der Waals surface area (Å²) < 4.78 is 13.1. The second-order valence-corrected chi connectivity index (χ2v) is 12.5. The molecule has 0 spiro atoms. The first-order valence-electron chi connectivity index (χ1n) is 15.9. The Morgan fingerprint density at radius 2 is 0.809 bits per heavy atom. The molecule has 4 nitrogen and oxygen atoms in total. The van der Waals surface area contributed by atoms with Crippen LogP contribution in [0, 0.1) is 13.8 Å². The first-order chi connectivity index (χ1) is 23.1. The normalized spacial score (nSPS) is 12.3. The largest absolute Gasteiger partial charge is 0.458 e. The van der Waals surface area contributed by atoms with E-state index in [1.807, 2.05) is 43.0 Å². The molecule has 0 unspecified atom stereocenters. The quantitative estimate of drug-likeness (QED) is 0.189. The van der Waals surface area contributed by atoms with Gasteiger partial charge in [0, 0.05) is 41.4 Å². The lowest BCUT2D eigenvalue weighted by Gasteiger charge is -2.33. The van der Waals surface area contributed by atoms with Crippen LogP contribution in [-0.4, -0.2) is 16.7 Å². The third-order valence-electron chi connectivity index (χ3n) is 9.26. The maximum Gasteiger partial charge on any atom is 0.260 e. The summed E-state index contributed by atoms with van der Waals surface area (Å²) in [6.07, 6.45) is 7.58. The Balaban J connectivity index is 1.06. The summed E-state index contributed by atoms with van der Waals surface area (Å²) >= 11 is 0. The number of nitrogens with zero attached hydrogens (tertiary/aromatic N) is 2. The van der Waals surface area contributed by atoms with Crippen LogP contribution in [0.3, 0.4) is 0 Å². The topological polar surface area (TPSA) is 44.2 Å². The number of hydrogen-bond acceptors (Lipinski definition) is 4. The molecule has 47 heavy (non-hydrogen) atoms. The highest BCUT2D eigenvalue weighted by Crippen LogP contribution is 2.37. The van der Waals surface area contributed by atoms with E-state index in [0.29, 0.717) is 0 Å². The standard InChI is InChI=1S/C42H29BN2O2/c1-26-18-34(24-44-22-26)30-10-6-28(7-11-30)32-14-16-36-40(20-32)46-38-4-3-5-39-42(38)43(36)37-17-15-33(21-41(37)47-39)29-8-12-31(13-9-29)35-19-27(2)23-45-25-35/h3-25H,1-2H3. The minimum absolute atomic E-state index is 0.0178. The minimum Gasteiger partial charge on any atom is -0.458 e. The summed E-state index contributed by atoms with van der Waals surface area (Å²) in [7, 11) is 0. The van der Waals surface area contributed by atoms with Gasteiger partial charge in [-0.25, -0.2) is 0 Å². The minimum atomic E-state index is 0.0178. The summed E-state index contributed by atoms with van der Waals surface area (Å²) in [5, 5.41) is 0. The lowest BCUT2D eigenvalue weighted by Crippen LogP contribution is -2.57. The summed E-state index contributed by atoms with van der Waals surface area (Å²) in [6, 6.07) is 40.9. The number of ether oxygens (including phenoxy) is 2. The molecule has 5 heteroatoms. The van der Waals surface area contributed by atoms with Crippen LogP contribution in [0.15, 0.2) is 140 Å². The lowest BCUT2D eigenvalue weighted by atomic mass is 9.35. The zero-order valence-electron chi connectivity index (χ0n) is 26.1. The molecule has 0 aliphatic carbocycles. The zero-order valence-corrected chi connectivity index (χ0v) is 26.1. The Morgan fingerprint density at radius 1 is 0.404 bits per heavy atom. The van der Waals surface area contributed by atoms with Crippen LogP contribution >= 0.6 is 0 Å². The van der Waals surface area contributed by atoms with Gasteiger partial charge in [0.05, 0.1) is 0 Å². The van der Waals surface area contributed by atoms with Crippen molar-refractivity contribution in [2.45, 2.75) is 13.8 Å². The van der Waals surface area contributed by atoms with Crippen molar-refractivity contribution in [1.29, 1.82) is 0 Å². The van der Waals surface area contributed by atoms with Gasteiger partial charge in [-0.1, -0.05) is 78.9 Å². The Kier molecular flexibility index (Phi) is 6.32. The maximum absolute atomic E-state index is 6.56. The highest BCUT2D eigenvalue weighted by atomic mass is 16.5. The molecule has 0 radical (unpaired) electrons. The Hall–Kier alpha value is -5.94. The number of rotatable bonds is 4. The molecule has 222 valence electrons. The predicted molar refractivity (Wildman–Crippen MR) is 191 cm³/mol. The van der Waals surface area contributed by atoms with Crippen LogP contribution < -0.4 is 25.9 Å². The van der Waals surface area contributed by atoms with Gasteiger partial charge in [0.25, 0.3) is 6.71 Å². The third-order valence-corrected chi connectivity index (χ3v) is 9.26. The summed E-state index contributed by atoms with van der Waals surface area (Å²) in [6.45, 7) is 4.15. The Labute approximate surface area is 274 Å². The first-order valence-corrected chi connectivity index (χ1v) is 15.9. The van der Waals surface area contributed by atoms with Crippen molar-refractivity contribution in [3.05, 3.63) is 151 Å². The molecule has 5 aromatic carbocycles. The molecule has 7 aromatic rings. The van der Waals surface area contributed by atoms with Crippen LogP contribution in [-0.2, 0) is 0 Å². The fourth-order valence-corrected chi connectivity index (χ4v) is 6.92. The molecule has 0 amide bonds. The number of aromatic nitrogens is 2. The van der Waals surface area contributed by atoms with Crippen molar-refractivity contribution in [1.82, 2.24) is 9.97 Å². The highest BCUT2D eigenvalue weighted by molar-refractivity contribution is 6.98. The highest BCUT2D eigenvalue weighted by Gasteiger charge is 2.40. The van der Waals surface area contributed by atoms with Gasteiger partial charge >= 0.3 is 0 Å². The molecule has 0 saturated heterocycles. The number of hydrogen-bond donors (Lipinski definition) is 0. The van der Waals surface area contributed by atoms with E-state index in [1.54, 1.807) is 0 Å². The van der Waals surface area contributed by atoms with Gasteiger partial charge in [0.1, 0.15) is 23.0 Å². The number of benzene rings is 5. The van der Waals surface area contributed by atoms with Gasteiger partial charge in [-0.15, -0.1) is 0 Å². The van der Waals surface area contributed by atoms with E-state index in [0.717, 1.165) is 95.0 Å². The van der Waals surface area contributed by atoms with Gasteiger partial charge in [-0.2, -0.15) is 0 Å². The maximum atomic E-state index is 6.56. The van der Waals surface area contributed by atoms with E-state index < -0.39 is 0 Å². The molecule has 4 heterocycles. The van der Waals surface area contributed by atoms with Crippen molar-refractivity contribution in [3.63, 3.8) is 0 Å². The average molecular weight is 605 g/mol. The van der Waals surface area contributed by atoms with Crippen molar-refractivity contribution in [3.8, 4) is 67.5 Å². The van der Waals surface area contributed by atoms with E-state index in [1.165, 1.54) is 0 Å². The van der Waals surface area contributed by atoms with Gasteiger partial charge in [0.2, 0.25) is 0 Å². The fourth-order valence-electron chi connectivity index (χ4n) is 6.92. The summed E-state index contributed by atoms with van der Waals surface area (Å²) in [5.41, 5.74) is 14.7. The average Bonchev–Trinajstić information content (AvgIpc) is 3.11. The third kappa shape index (κ3) is 4.79. The van der Waals surface area contributed by atoms with E-state index >= 15 is 0 Å². The monoisotopic (exact) mass is 604 g/mol. The van der Waals surface area contributed by atoms with Gasteiger partial charge in [-0.05, 0) is 106 Å². The van der Waals surface area contributed by atoms with Crippen molar-refractivity contribution >= 4 is 23.1 Å². The van der Waals surface area contributed by atoms with E-state index in [-0.39, 0.29) is 6.71 Å². The number of aryl methyl sites for hydroxylation is 2. The molecule has 0 bridgehead atoms. The molecule has 0 atom stereocenters. The van der Waals surface area contributed by atoms with E-state index in [2.05, 4.69) is 121 Å². The smallest absolute Gasteiger partial charge is 0.260 e. The SMILES string of the molecule is Cc1cncc(-c2ccc(-c3ccc4c(c3)Oc3cccc5c3B4c3ccc(-c4ccc(-c6cncc(C)c6)cc4)cc3O5)cc2)c1. The van der Waals surface area contributed by atoms with Crippen LogP contribution in [0.5, 0.6) is 23.0 Å². The Morgan fingerprint density at radius 3 is 1.23 bits per heavy atom. The van der Waals surface area contributed by atoms with E-state index in [4.69, 9.17) is 9.47 Å². The first kappa shape index (κ1) is 27.4.